The van der Waals surface area contributed by atoms with Crippen molar-refractivity contribution >= 4 is 34.7 Å². The summed E-state index contributed by atoms with van der Waals surface area (Å²) in [7, 11) is 0. The molecule has 6 heteroatoms. The fourth-order valence-electron chi connectivity index (χ4n) is 4.46. The van der Waals surface area contributed by atoms with E-state index in [2.05, 4.69) is 12.2 Å². The van der Waals surface area contributed by atoms with Gasteiger partial charge in [0, 0.05) is 28.3 Å². The molecule has 0 saturated heterocycles. The van der Waals surface area contributed by atoms with E-state index in [0.717, 1.165) is 17.8 Å². The van der Waals surface area contributed by atoms with E-state index in [9.17, 15) is 9.59 Å². The maximum atomic E-state index is 13.9. The van der Waals surface area contributed by atoms with Crippen molar-refractivity contribution in [3.63, 3.8) is 0 Å². The minimum atomic E-state index is -0.663. The quantitative estimate of drug-likeness (QED) is 0.539. The first-order valence-corrected chi connectivity index (χ1v) is 10.7. The lowest BCUT2D eigenvalue weighted by atomic mass is 9.83. The summed E-state index contributed by atoms with van der Waals surface area (Å²) in [6, 6.07) is 17.3. The molecular weight excluding hydrogens is 412 g/mol. The molecule has 0 saturated carbocycles. The van der Waals surface area contributed by atoms with Gasteiger partial charge in [-0.25, -0.2) is 0 Å². The molecule has 2 aliphatic rings. The van der Waals surface area contributed by atoms with Gasteiger partial charge in [0.25, 0.3) is 5.91 Å². The predicted octanol–water partition coefficient (Wildman–Crippen LogP) is 6.00. The number of allylic oxidation sites excluding steroid dienone is 1. The van der Waals surface area contributed by atoms with Gasteiger partial charge in [-0.3, -0.25) is 14.5 Å². The molecule has 1 N–H and O–H groups in total. The van der Waals surface area contributed by atoms with E-state index in [-0.39, 0.29) is 17.6 Å². The fourth-order valence-corrected chi connectivity index (χ4v) is 4.58. The largest absolute Gasteiger partial charge is 0.467 e. The second kappa shape index (κ2) is 7.75. The Morgan fingerprint density at radius 2 is 1.84 bits per heavy atom. The Balaban J connectivity index is 1.76. The number of benzene rings is 2. The van der Waals surface area contributed by atoms with E-state index in [0.29, 0.717) is 34.0 Å². The van der Waals surface area contributed by atoms with Gasteiger partial charge >= 0.3 is 0 Å². The van der Waals surface area contributed by atoms with Gasteiger partial charge in [0.05, 0.1) is 17.6 Å². The number of amides is 1. The Hall–Kier alpha value is -3.31. The Morgan fingerprint density at radius 3 is 2.58 bits per heavy atom. The number of ketones is 1. The highest BCUT2D eigenvalue weighted by atomic mass is 35.5. The highest BCUT2D eigenvalue weighted by Gasteiger charge is 2.42. The summed E-state index contributed by atoms with van der Waals surface area (Å²) in [6.45, 7) is 2.07. The second-order valence-corrected chi connectivity index (χ2v) is 8.51. The van der Waals surface area contributed by atoms with Gasteiger partial charge in [-0.05, 0) is 60.9 Å². The number of furan rings is 1. The van der Waals surface area contributed by atoms with Crippen molar-refractivity contribution in [2.45, 2.75) is 25.8 Å². The average molecular weight is 433 g/mol. The van der Waals surface area contributed by atoms with E-state index in [1.54, 1.807) is 41.5 Å². The van der Waals surface area contributed by atoms with Crippen LogP contribution in [0, 0.1) is 5.92 Å². The van der Waals surface area contributed by atoms with Crippen molar-refractivity contribution in [1.82, 2.24) is 0 Å². The smallest absolute Gasteiger partial charge is 0.259 e. The Morgan fingerprint density at radius 1 is 1.06 bits per heavy atom. The second-order valence-electron chi connectivity index (χ2n) is 8.07. The molecule has 1 aliphatic heterocycles. The number of rotatable bonds is 2. The fraction of sp³-hybridized carbons (Fsp3) is 0.200. The van der Waals surface area contributed by atoms with Gasteiger partial charge in [-0.15, -0.1) is 0 Å². The summed E-state index contributed by atoms with van der Waals surface area (Å²) in [5.41, 5.74) is 3.40. The number of nitrogens with one attached hydrogen (secondary N) is 1. The lowest BCUT2D eigenvalue weighted by Crippen LogP contribution is -2.38. The summed E-state index contributed by atoms with van der Waals surface area (Å²) < 4.78 is 5.77. The summed E-state index contributed by atoms with van der Waals surface area (Å²) in [4.78, 5) is 28.8. The SMILES string of the molecule is C[C@@H]1CC(=O)C2=C(C1)Nc1ccccc1N(C(=O)c1ccc(Cl)cc1)[C@@H]2c1ccco1. The van der Waals surface area contributed by atoms with Crippen LogP contribution in [0.15, 0.2) is 82.6 Å². The van der Waals surface area contributed by atoms with Crippen LogP contribution < -0.4 is 10.2 Å². The zero-order chi connectivity index (χ0) is 21.5. The van der Waals surface area contributed by atoms with Crippen molar-refractivity contribution in [2.24, 2.45) is 5.92 Å². The van der Waals surface area contributed by atoms with Crippen molar-refractivity contribution < 1.29 is 14.0 Å². The van der Waals surface area contributed by atoms with Crippen LogP contribution in [-0.2, 0) is 4.79 Å². The first-order valence-electron chi connectivity index (χ1n) is 10.3. The van der Waals surface area contributed by atoms with Gasteiger partial charge in [0.15, 0.2) is 5.78 Å². The molecule has 156 valence electrons. The predicted molar refractivity (Wildman–Crippen MR) is 120 cm³/mol. The summed E-state index contributed by atoms with van der Waals surface area (Å²) in [5, 5.41) is 4.02. The van der Waals surface area contributed by atoms with Crippen LogP contribution >= 0.6 is 11.6 Å². The van der Waals surface area contributed by atoms with E-state index in [4.69, 9.17) is 16.0 Å². The first kappa shape index (κ1) is 19.6. The summed E-state index contributed by atoms with van der Waals surface area (Å²) in [5.74, 6) is 0.578. The van der Waals surface area contributed by atoms with Crippen LogP contribution in [0.1, 0.15) is 41.9 Å². The number of para-hydroxylation sites is 2. The molecule has 0 unspecified atom stereocenters. The van der Waals surface area contributed by atoms with Crippen LogP contribution in [0.4, 0.5) is 11.4 Å². The number of carbonyl (C=O) groups is 2. The van der Waals surface area contributed by atoms with Crippen molar-refractivity contribution in [2.75, 3.05) is 10.2 Å². The highest BCUT2D eigenvalue weighted by Crippen LogP contribution is 2.46. The molecule has 2 aromatic carbocycles. The van der Waals surface area contributed by atoms with E-state index >= 15 is 0 Å². The molecule has 5 nitrogen and oxygen atoms in total. The summed E-state index contributed by atoms with van der Waals surface area (Å²) >= 11 is 6.04. The molecule has 0 radical (unpaired) electrons. The van der Waals surface area contributed by atoms with Gasteiger partial charge in [-0.1, -0.05) is 30.7 Å². The van der Waals surface area contributed by atoms with Crippen molar-refractivity contribution in [3.8, 4) is 0 Å². The molecule has 0 bridgehead atoms. The third kappa shape index (κ3) is 3.45. The Labute approximate surface area is 185 Å². The maximum Gasteiger partial charge on any atom is 0.259 e. The molecule has 0 fully saturated rings. The number of carbonyl (C=O) groups excluding carboxylic acids is 2. The molecule has 3 aromatic rings. The van der Waals surface area contributed by atoms with Gasteiger partial charge in [0.1, 0.15) is 11.8 Å². The number of fused-ring (bicyclic) bond motifs is 1. The first-order chi connectivity index (χ1) is 15.0. The Bertz CT molecular complexity index is 1180. The minimum Gasteiger partial charge on any atom is -0.467 e. The number of hydrogen-bond acceptors (Lipinski definition) is 4. The monoisotopic (exact) mass is 432 g/mol. The third-order valence-corrected chi connectivity index (χ3v) is 6.07. The number of halogens is 1. The lowest BCUT2D eigenvalue weighted by molar-refractivity contribution is -0.117. The van der Waals surface area contributed by atoms with Crippen LogP contribution in [0.5, 0.6) is 0 Å². The highest BCUT2D eigenvalue weighted by molar-refractivity contribution is 6.30. The van der Waals surface area contributed by atoms with E-state index in [1.807, 2.05) is 30.3 Å². The van der Waals surface area contributed by atoms with Crippen LogP contribution in [0.2, 0.25) is 5.02 Å². The molecule has 31 heavy (non-hydrogen) atoms. The molecule has 2 atom stereocenters. The normalized spacial score (nSPS) is 20.6. The van der Waals surface area contributed by atoms with Crippen LogP contribution in [-0.4, -0.2) is 11.7 Å². The molecule has 1 aliphatic carbocycles. The maximum absolute atomic E-state index is 13.9. The van der Waals surface area contributed by atoms with E-state index in [1.165, 1.54) is 0 Å². The molecule has 5 rings (SSSR count). The molecule has 1 amide bonds. The van der Waals surface area contributed by atoms with Gasteiger partial charge < -0.3 is 9.73 Å². The van der Waals surface area contributed by atoms with Gasteiger partial charge in [-0.2, -0.15) is 0 Å². The number of Topliss-reactive ketones (excluding diaryl/α,β-unsaturated/α-hetero) is 1. The van der Waals surface area contributed by atoms with Crippen molar-refractivity contribution in [3.05, 3.63) is 94.5 Å². The molecule has 1 aromatic heterocycles. The van der Waals surface area contributed by atoms with Gasteiger partial charge in [0.2, 0.25) is 0 Å². The number of nitrogens with zero attached hydrogens (tertiary/aromatic N) is 1. The Kier molecular flexibility index (Phi) is 4.91. The third-order valence-electron chi connectivity index (χ3n) is 5.82. The minimum absolute atomic E-state index is 0.0318. The molecular formula is C25H21ClN2O3. The summed E-state index contributed by atoms with van der Waals surface area (Å²) in [6.07, 6.45) is 2.74. The zero-order valence-electron chi connectivity index (χ0n) is 17.0. The number of anilines is 2. The zero-order valence-corrected chi connectivity index (χ0v) is 17.7. The standard InChI is InChI=1S/C25H21ClN2O3/c1-15-13-19-23(21(29)14-15)24(22-7-4-12-31-22)28(20-6-3-2-5-18(20)27-19)25(30)16-8-10-17(26)11-9-16/h2-12,15,24,27H,13-14H2,1H3/t15-,24+/m0/s1. The number of hydrogen-bond donors (Lipinski definition) is 1. The van der Waals surface area contributed by atoms with Crippen molar-refractivity contribution in [1.29, 1.82) is 0 Å². The topological polar surface area (TPSA) is 62.6 Å². The average Bonchev–Trinajstić information content (AvgIpc) is 3.23. The molecule has 0 spiro atoms. The van der Waals surface area contributed by atoms with Crippen LogP contribution in [0.3, 0.4) is 0 Å². The lowest BCUT2D eigenvalue weighted by Gasteiger charge is -2.33. The molecule has 2 heterocycles. The van der Waals surface area contributed by atoms with Crippen LogP contribution in [0.25, 0.3) is 0 Å². The van der Waals surface area contributed by atoms with E-state index < -0.39 is 6.04 Å².